The molecule has 21 heavy (non-hydrogen) atoms. The lowest BCUT2D eigenvalue weighted by atomic mass is 10.1. The summed E-state index contributed by atoms with van der Waals surface area (Å²) >= 11 is 0. The molecular formula is C14H16ClN3O3. The molecule has 2 heterocycles. The number of aromatic carboxylic acids is 1. The molecule has 2 N–H and O–H groups in total. The molecule has 1 saturated heterocycles. The lowest BCUT2D eigenvalue weighted by Gasteiger charge is -2.27. The van der Waals surface area contributed by atoms with Crippen LogP contribution in [0.15, 0.2) is 34.9 Å². The second-order valence-corrected chi connectivity index (χ2v) is 4.62. The summed E-state index contributed by atoms with van der Waals surface area (Å²) in [5.41, 5.74) is 0.858. The normalized spacial score (nSPS) is 14.6. The molecule has 0 saturated carbocycles. The zero-order valence-electron chi connectivity index (χ0n) is 11.3. The van der Waals surface area contributed by atoms with Crippen LogP contribution in [-0.2, 0) is 0 Å². The van der Waals surface area contributed by atoms with Crippen LogP contribution in [0.25, 0.3) is 11.3 Å². The number of carboxylic acids is 1. The van der Waals surface area contributed by atoms with Crippen molar-refractivity contribution in [2.75, 3.05) is 31.1 Å². The summed E-state index contributed by atoms with van der Waals surface area (Å²) < 4.78 is 5.30. The van der Waals surface area contributed by atoms with Gasteiger partial charge in [0.1, 0.15) is 0 Å². The molecule has 0 bridgehead atoms. The molecule has 1 fully saturated rings. The first-order chi connectivity index (χ1) is 9.77. The molecule has 1 aromatic carbocycles. The van der Waals surface area contributed by atoms with Crippen LogP contribution in [0.4, 0.5) is 5.82 Å². The predicted octanol–water partition coefficient (Wildman–Crippen LogP) is 1.87. The van der Waals surface area contributed by atoms with Crippen molar-refractivity contribution < 1.29 is 14.4 Å². The van der Waals surface area contributed by atoms with Crippen LogP contribution < -0.4 is 10.2 Å². The van der Waals surface area contributed by atoms with Gasteiger partial charge in [0.2, 0.25) is 0 Å². The van der Waals surface area contributed by atoms with Crippen LogP contribution in [0.2, 0.25) is 0 Å². The molecule has 0 spiro atoms. The number of halogens is 1. The number of nitrogens with zero attached hydrogens (tertiary/aromatic N) is 2. The quantitative estimate of drug-likeness (QED) is 0.901. The predicted molar refractivity (Wildman–Crippen MR) is 81.2 cm³/mol. The van der Waals surface area contributed by atoms with Crippen LogP contribution in [-0.4, -0.2) is 42.4 Å². The Labute approximate surface area is 128 Å². The van der Waals surface area contributed by atoms with Crippen molar-refractivity contribution in [3.63, 3.8) is 0 Å². The van der Waals surface area contributed by atoms with Crippen LogP contribution in [0.3, 0.4) is 0 Å². The molecule has 6 nitrogen and oxygen atoms in total. The average Bonchev–Trinajstić information content (AvgIpc) is 2.94. The summed E-state index contributed by atoms with van der Waals surface area (Å²) in [7, 11) is 0. The Morgan fingerprint density at radius 1 is 1.24 bits per heavy atom. The number of rotatable bonds is 3. The van der Waals surface area contributed by atoms with Crippen molar-refractivity contribution in [2.24, 2.45) is 0 Å². The van der Waals surface area contributed by atoms with E-state index in [-0.39, 0.29) is 18.0 Å². The Balaban J connectivity index is 0.00000161. The third-order valence-electron chi connectivity index (χ3n) is 3.34. The van der Waals surface area contributed by atoms with Crippen molar-refractivity contribution >= 4 is 24.2 Å². The molecular weight excluding hydrogens is 294 g/mol. The van der Waals surface area contributed by atoms with E-state index < -0.39 is 5.97 Å². The number of nitrogens with one attached hydrogen (secondary N) is 1. The van der Waals surface area contributed by atoms with E-state index in [0.29, 0.717) is 11.6 Å². The highest BCUT2D eigenvalue weighted by Crippen LogP contribution is 2.31. The average molecular weight is 310 g/mol. The van der Waals surface area contributed by atoms with Gasteiger partial charge in [0, 0.05) is 31.7 Å². The third kappa shape index (κ3) is 3.01. The number of benzene rings is 1. The summed E-state index contributed by atoms with van der Waals surface area (Å²) in [4.78, 5) is 13.5. The van der Waals surface area contributed by atoms with E-state index in [9.17, 15) is 9.90 Å². The Hall–Kier alpha value is -2.05. The highest BCUT2D eigenvalue weighted by molar-refractivity contribution is 5.99. The van der Waals surface area contributed by atoms with Gasteiger partial charge in [-0.15, -0.1) is 12.4 Å². The van der Waals surface area contributed by atoms with Gasteiger partial charge in [-0.2, -0.15) is 0 Å². The maximum atomic E-state index is 11.6. The van der Waals surface area contributed by atoms with Crippen molar-refractivity contribution in [1.82, 2.24) is 10.5 Å². The number of aromatic nitrogens is 1. The number of carboxylic acid groups (broad SMARTS) is 1. The largest absolute Gasteiger partial charge is 0.477 e. The molecule has 0 unspecified atom stereocenters. The van der Waals surface area contributed by atoms with Gasteiger partial charge in [-0.05, 0) is 0 Å². The molecule has 112 valence electrons. The first kappa shape index (κ1) is 15.3. The molecule has 0 aliphatic carbocycles. The van der Waals surface area contributed by atoms with E-state index in [1.165, 1.54) is 0 Å². The monoisotopic (exact) mass is 309 g/mol. The fourth-order valence-electron chi connectivity index (χ4n) is 2.35. The second kappa shape index (κ2) is 6.60. The molecule has 1 aliphatic rings. The number of anilines is 1. The minimum absolute atomic E-state index is 0. The number of hydrogen-bond donors (Lipinski definition) is 2. The van der Waals surface area contributed by atoms with Gasteiger partial charge in [0.15, 0.2) is 17.1 Å². The van der Waals surface area contributed by atoms with Crippen molar-refractivity contribution in [2.45, 2.75) is 0 Å². The molecule has 0 radical (unpaired) electrons. The number of hydrogen-bond acceptors (Lipinski definition) is 5. The number of carbonyl (C=O) groups is 1. The highest BCUT2D eigenvalue weighted by atomic mass is 35.5. The molecule has 2 aromatic rings. The zero-order valence-corrected chi connectivity index (χ0v) is 12.1. The Bertz CT molecular complexity index is 609. The van der Waals surface area contributed by atoms with Gasteiger partial charge in [0.05, 0.1) is 0 Å². The summed E-state index contributed by atoms with van der Waals surface area (Å²) in [5, 5.41) is 16.7. The molecule has 1 aromatic heterocycles. The molecule has 0 atom stereocenters. The number of piperazine rings is 1. The maximum absolute atomic E-state index is 11.6. The van der Waals surface area contributed by atoms with Gasteiger partial charge in [0.25, 0.3) is 0 Å². The van der Waals surface area contributed by atoms with Gasteiger partial charge in [-0.25, -0.2) is 4.79 Å². The Kier molecular flexibility index (Phi) is 4.82. The van der Waals surface area contributed by atoms with E-state index in [0.717, 1.165) is 31.7 Å². The fraction of sp³-hybridized carbons (Fsp3) is 0.286. The van der Waals surface area contributed by atoms with Crippen molar-refractivity contribution in [3.05, 3.63) is 35.9 Å². The van der Waals surface area contributed by atoms with Crippen LogP contribution >= 0.6 is 12.4 Å². The maximum Gasteiger partial charge on any atom is 0.343 e. The van der Waals surface area contributed by atoms with Gasteiger partial charge in [-0.1, -0.05) is 35.5 Å². The second-order valence-electron chi connectivity index (χ2n) is 4.62. The van der Waals surface area contributed by atoms with Crippen LogP contribution in [0.1, 0.15) is 10.4 Å². The van der Waals surface area contributed by atoms with E-state index in [2.05, 4.69) is 10.5 Å². The summed E-state index contributed by atoms with van der Waals surface area (Å²) in [6.45, 7) is 3.07. The van der Waals surface area contributed by atoms with Gasteiger partial charge >= 0.3 is 5.97 Å². The molecule has 7 heteroatoms. The topological polar surface area (TPSA) is 78.6 Å². The minimum atomic E-state index is -1.02. The molecule has 1 aliphatic heterocycles. The van der Waals surface area contributed by atoms with Crippen LogP contribution in [0, 0.1) is 0 Å². The fourth-order valence-corrected chi connectivity index (χ4v) is 2.35. The lowest BCUT2D eigenvalue weighted by Crippen LogP contribution is -2.44. The van der Waals surface area contributed by atoms with Crippen LogP contribution in [0.5, 0.6) is 0 Å². The summed E-state index contributed by atoms with van der Waals surface area (Å²) in [6, 6.07) is 9.18. The van der Waals surface area contributed by atoms with Crippen molar-refractivity contribution in [3.8, 4) is 11.3 Å². The Morgan fingerprint density at radius 3 is 2.52 bits per heavy atom. The summed E-state index contributed by atoms with van der Waals surface area (Å²) in [5.74, 6) is -0.289. The lowest BCUT2D eigenvalue weighted by molar-refractivity contribution is 0.0697. The standard InChI is InChI=1S/C14H15N3O3.ClH/c18-14(19)11-12(10-4-2-1-3-5-10)20-16-13(11)17-8-6-15-7-9-17;/h1-5,15H,6-9H2,(H,18,19);1H. The smallest absolute Gasteiger partial charge is 0.343 e. The van der Waals surface area contributed by atoms with Crippen molar-refractivity contribution in [1.29, 1.82) is 0 Å². The van der Waals surface area contributed by atoms with Gasteiger partial charge in [-0.3, -0.25) is 0 Å². The third-order valence-corrected chi connectivity index (χ3v) is 3.34. The zero-order chi connectivity index (χ0) is 13.9. The Morgan fingerprint density at radius 2 is 1.90 bits per heavy atom. The molecule has 3 rings (SSSR count). The minimum Gasteiger partial charge on any atom is -0.477 e. The van der Waals surface area contributed by atoms with Gasteiger partial charge < -0.3 is 19.8 Å². The van der Waals surface area contributed by atoms with E-state index >= 15 is 0 Å². The highest BCUT2D eigenvalue weighted by Gasteiger charge is 2.27. The van der Waals surface area contributed by atoms with E-state index in [4.69, 9.17) is 4.52 Å². The van der Waals surface area contributed by atoms with E-state index in [1.54, 1.807) is 0 Å². The first-order valence-electron chi connectivity index (χ1n) is 6.51. The molecule has 0 amide bonds. The first-order valence-corrected chi connectivity index (χ1v) is 6.51. The van der Waals surface area contributed by atoms with E-state index in [1.807, 2.05) is 35.2 Å². The SMILES string of the molecule is Cl.O=C(O)c1c(N2CCNCC2)noc1-c1ccccc1. The summed E-state index contributed by atoms with van der Waals surface area (Å²) in [6.07, 6.45) is 0.